The summed E-state index contributed by atoms with van der Waals surface area (Å²) in [4.78, 5) is 13.0. The van der Waals surface area contributed by atoms with Gasteiger partial charge < -0.3 is 10.1 Å². The molecular weight excluding hydrogens is 609 g/mol. The fourth-order valence-corrected chi connectivity index (χ4v) is 9.56. The summed E-state index contributed by atoms with van der Waals surface area (Å²) in [5.41, 5.74) is 1.96. The van der Waals surface area contributed by atoms with E-state index in [1.54, 1.807) is 24.3 Å². The number of fused-ring (bicyclic) bond motifs is 2. The average Bonchev–Trinajstić information content (AvgIpc) is 3.76. The minimum atomic E-state index is -4.95. The predicted molar refractivity (Wildman–Crippen MR) is 157 cm³/mol. The number of sulfonamides is 1. The fraction of sp³-hybridized carbons (Fsp3) is 0.367. The summed E-state index contributed by atoms with van der Waals surface area (Å²) in [6.45, 7) is 0.235. The zero-order valence-electron chi connectivity index (χ0n) is 22.4. The van der Waals surface area contributed by atoms with Crippen LogP contribution in [0.5, 0.6) is 5.75 Å². The molecule has 2 heterocycles. The number of ether oxygens (including phenoxy) is 1. The van der Waals surface area contributed by atoms with Crippen LogP contribution < -0.4 is 14.4 Å². The third-order valence-electron chi connectivity index (χ3n) is 8.30. The van der Waals surface area contributed by atoms with Crippen molar-refractivity contribution in [1.82, 2.24) is 5.32 Å². The number of halogens is 4. The maximum atomic E-state index is 14.3. The van der Waals surface area contributed by atoms with Gasteiger partial charge in [-0.15, -0.1) is 13.2 Å². The van der Waals surface area contributed by atoms with Gasteiger partial charge in [-0.25, -0.2) is 8.42 Å². The molecule has 1 unspecified atom stereocenters. The van der Waals surface area contributed by atoms with Crippen molar-refractivity contribution in [2.75, 3.05) is 15.8 Å². The van der Waals surface area contributed by atoms with Gasteiger partial charge in [0.1, 0.15) is 5.75 Å². The van der Waals surface area contributed by atoms with Gasteiger partial charge in [-0.3, -0.25) is 9.10 Å². The van der Waals surface area contributed by atoms with Gasteiger partial charge >= 0.3 is 6.36 Å². The van der Waals surface area contributed by atoms with Gasteiger partial charge in [0, 0.05) is 28.6 Å². The van der Waals surface area contributed by atoms with Crippen LogP contribution in [0.2, 0.25) is 5.02 Å². The van der Waals surface area contributed by atoms with Gasteiger partial charge in [0.2, 0.25) is 0 Å². The van der Waals surface area contributed by atoms with Gasteiger partial charge in [-0.2, -0.15) is 11.8 Å². The second-order valence-electron chi connectivity index (χ2n) is 10.9. The van der Waals surface area contributed by atoms with Crippen LogP contribution in [-0.4, -0.2) is 38.2 Å². The molecule has 3 aliphatic rings. The molecule has 1 aliphatic carbocycles. The number of carbonyl (C=O) groups excluding carboxylic acids is 1. The zero-order chi connectivity index (χ0) is 29.7. The molecule has 0 radical (unpaired) electrons. The van der Waals surface area contributed by atoms with E-state index in [2.05, 4.69) is 10.1 Å². The second-order valence-corrected chi connectivity index (χ2v) is 14.3. The lowest BCUT2D eigenvalue weighted by molar-refractivity contribution is -0.274. The molecule has 12 heteroatoms. The minimum absolute atomic E-state index is 0.113. The molecule has 6 rings (SSSR count). The molecule has 1 amide bonds. The first-order chi connectivity index (χ1) is 20.0. The van der Waals surface area contributed by atoms with Crippen molar-refractivity contribution in [3.8, 4) is 5.75 Å². The predicted octanol–water partition coefficient (Wildman–Crippen LogP) is 6.92. The van der Waals surface area contributed by atoms with Crippen LogP contribution in [0.15, 0.2) is 71.6 Å². The molecule has 1 atom stereocenters. The van der Waals surface area contributed by atoms with Crippen molar-refractivity contribution in [3.63, 3.8) is 0 Å². The molecule has 222 valence electrons. The lowest BCUT2D eigenvalue weighted by Crippen LogP contribution is -2.50. The number of hydrogen-bond donors (Lipinski definition) is 1. The molecule has 42 heavy (non-hydrogen) atoms. The number of thioether (sulfide) groups is 1. The zero-order valence-corrected chi connectivity index (χ0v) is 24.8. The van der Waals surface area contributed by atoms with E-state index in [9.17, 15) is 26.4 Å². The van der Waals surface area contributed by atoms with Crippen molar-refractivity contribution in [1.29, 1.82) is 0 Å². The number of hydrogen-bond acceptors (Lipinski definition) is 5. The third-order valence-corrected chi connectivity index (χ3v) is 11.4. The van der Waals surface area contributed by atoms with Crippen LogP contribution in [-0.2, 0) is 22.0 Å². The second kappa shape index (κ2) is 11.0. The van der Waals surface area contributed by atoms with E-state index in [1.807, 2.05) is 30.0 Å². The summed E-state index contributed by atoms with van der Waals surface area (Å²) in [5.74, 6) is 0.893. The van der Waals surface area contributed by atoms with E-state index in [0.717, 1.165) is 60.4 Å². The first-order valence-corrected chi connectivity index (χ1v) is 16.6. The number of rotatable bonds is 7. The molecule has 6 nitrogen and oxygen atoms in total. The number of anilines is 1. The topological polar surface area (TPSA) is 75.7 Å². The maximum Gasteiger partial charge on any atom is 0.573 e. The number of benzene rings is 3. The largest absolute Gasteiger partial charge is 0.573 e. The van der Waals surface area contributed by atoms with Crippen LogP contribution in [0.3, 0.4) is 0 Å². The Morgan fingerprint density at radius 1 is 1.05 bits per heavy atom. The van der Waals surface area contributed by atoms with E-state index in [4.69, 9.17) is 11.6 Å². The highest BCUT2D eigenvalue weighted by Gasteiger charge is 2.59. The molecular formula is C30H28ClF3N2O4S2. The van der Waals surface area contributed by atoms with Crippen LogP contribution in [0.1, 0.15) is 47.2 Å². The van der Waals surface area contributed by atoms with Crippen LogP contribution >= 0.6 is 23.4 Å². The summed E-state index contributed by atoms with van der Waals surface area (Å²) in [6, 6.07) is 16.5. The molecule has 2 aliphatic heterocycles. The normalized spacial score (nSPS) is 19.9. The van der Waals surface area contributed by atoms with Gasteiger partial charge in [0.25, 0.3) is 15.9 Å². The first-order valence-electron chi connectivity index (χ1n) is 13.6. The van der Waals surface area contributed by atoms with Gasteiger partial charge in [0.15, 0.2) is 0 Å². The Hall–Kier alpha value is -2.89. The Kier molecular flexibility index (Phi) is 7.64. The van der Waals surface area contributed by atoms with Gasteiger partial charge in [-0.05, 0) is 90.6 Å². The number of amides is 1. The van der Waals surface area contributed by atoms with E-state index in [1.165, 1.54) is 16.4 Å². The first kappa shape index (κ1) is 29.2. The Morgan fingerprint density at radius 2 is 1.79 bits per heavy atom. The van der Waals surface area contributed by atoms with Crippen molar-refractivity contribution < 1.29 is 31.1 Å². The Morgan fingerprint density at radius 3 is 2.48 bits per heavy atom. The van der Waals surface area contributed by atoms with Crippen molar-refractivity contribution in [2.24, 2.45) is 5.92 Å². The van der Waals surface area contributed by atoms with Crippen molar-refractivity contribution in [2.45, 2.75) is 54.9 Å². The highest BCUT2D eigenvalue weighted by molar-refractivity contribution is 7.99. The number of alkyl halides is 3. The number of nitrogens with zero attached hydrogens (tertiary/aromatic N) is 1. The minimum Gasteiger partial charge on any atom is -0.406 e. The third kappa shape index (κ3) is 5.46. The van der Waals surface area contributed by atoms with E-state index >= 15 is 0 Å². The fourth-order valence-electron chi connectivity index (χ4n) is 6.30. The number of nitrogens with one attached hydrogen (secondary N) is 1. The average molecular weight is 637 g/mol. The van der Waals surface area contributed by atoms with Crippen LogP contribution in [0, 0.1) is 5.92 Å². The molecule has 1 N–H and O–H groups in total. The summed E-state index contributed by atoms with van der Waals surface area (Å²) in [6.07, 6.45) is -1.75. The standard InChI is InChI=1S/C30H28ClF3N2O4S2/c31-25-7-2-1-4-21(25)18-35-28(37)20-10-11-26-24(16-20)29(12-14-41-15-13-29)27(19-8-9-19)36(26)42(38,39)23-6-3-5-22(17-23)40-30(32,33)34/h1-7,10-11,16-17,19,27H,8-9,12-15,18H2,(H,35,37). The molecule has 2 fully saturated rings. The molecule has 0 aromatic heterocycles. The maximum absolute atomic E-state index is 14.3. The highest BCUT2D eigenvalue weighted by Crippen LogP contribution is 2.59. The molecule has 3 aromatic rings. The summed E-state index contributed by atoms with van der Waals surface area (Å²) in [5, 5.41) is 3.46. The quantitative estimate of drug-likeness (QED) is 0.305. The Balaban J connectivity index is 1.40. The lowest BCUT2D eigenvalue weighted by atomic mass is 9.70. The molecule has 1 saturated heterocycles. The van der Waals surface area contributed by atoms with E-state index in [0.29, 0.717) is 16.3 Å². The highest BCUT2D eigenvalue weighted by atomic mass is 35.5. The Bertz CT molecular complexity index is 1620. The summed E-state index contributed by atoms with van der Waals surface area (Å²) >= 11 is 8.06. The smallest absolute Gasteiger partial charge is 0.406 e. The van der Waals surface area contributed by atoms with E-state index in [-0.39, 0.29) is 23.3 Å². The molecule has 1 saturated carbocycles. The summed E-state index contributed by atoms with van der Waals surface area (Å²) in [7, 11) is -4.28. The SMILES string of the molecule is O=C(NCc1ccccc1Cl)c1ccc2c(c1)C1(CCSCC1)C(C1CC1)N2S(=O)(=O)c1cccc(OC(F)(F)F)c1. The van der Waals surface area contributed by atoms with Gasteiger partial charge in [0.05, 0.1) is 16.6 Å². The number of carbonyl (C=O) groups is 1. The van der Waals surface area contributed by atoms with Crippen molar-refractivity contribution in [3.05, 3.63) is 88.4 Å². The van der Waals surface area contributed by atoms with Crippen LogP contribution in [0.4, 0.5) is 18.9 Å². The molecule has 1 spiro atoms. The summed E-state index contributed by atoms with van der Waals surface area (Å²) < 4.78 is 72.8. The van der Waals surface area contributed by atoms with Gasteiger partial charge in [-0.1, -0.05) is 35.9 Å². The lowest BCUT2D eigenvalue weighted by Gasteiger charge is -2.41. The molecule has 0 bridgehead atoms. The van der Waals surface area contributed by atoms with Crippen LogP contribution in [0.25, 0.3) is 0 Å². The molecule has 3 aromatic carbocycles. The van der Waals surface area contributed by atoms with E-state index < -0.39 is 33.6 Å². The van der Waals surface area contributed by atoms with Crippen molar-refractivity contribution >= 4 is 45.0 Å². The Labute approximate surface area is 251 Å². The monoisotopic (exact) mass is 636 g/mol.